The third-order valence-corrected chi connectivity index (χ3v) is 7.15. The second-order valence-electron chi connectivity index (χ2n) is 8.06. The van der Waals surface area contributed by atoms with E-state index in [1.54, 1.807) is 29.2 Å². The van der Waals surface area contributed by atoms with Gasteiger partial charge in [-0.2, -0.15) is 0 Å². The molecule has 5 rings (SSSR count). The van der Waals surface area contributed by atoms with Crippen LogP contribution < -0.4 is 9.46 Å². The number of anilines is 1. The van der Waals surface area contributed by atoms with E-state index in [9.17, 15) is 23.2 Å². The number of amides is 1. The first-order chi connectivity index (χ1) is 16.3. The third-order valence-electron chi connectivity index (χ3n) is 5.75. The van der Waals surface area contributed by atoms with Gasteiger partial charge in [0.2, 0.25) is 4.90 Å². The van der Waals surface area contributed by atoms with E-state index in [1.807, 2.05) is 0 Å². The highest BCUT2D eigenvalue weighted by Crippen LogP contribution is 2.38. The van der Waals surface area contributed by atoms with Crippen LogP contribution in [0.2, 0.25) is 5.02 Å². The highest BCUT2D eigenvalue weighted by molar-refractivity contribution is 7.92. The molecule has 34 heavy (non-hydrogen) atoms. The quantitative estimate of drug-likeness (QED) is 0.449. The first-order valence-electron chi connectivity index (χ1n) is 10.6. The zero-order valence-corrected chi connectivity index (χ0v) is 19.3. The Morgan fingerprint density at radius 1 is 1.12 bits per heavy atom. The number of phenolic OH excluding ortho intramolecular Hbond substituents is 1. The molecular weight excluding hydrogens is 486 g/mol. The minimum Gasteiger partial charge on any atom is -0.588 e. The molecule has 1 unspecified atom stereocenters. The molecule has 1 saturated carbocycles. The van der Waals surface area contributed by atoms with Crippen LogP contribution in [0.1, 0.15) is 23.2 Å². The minimum atomic E-state index is -2.21. The van der Waals surface area contributed by atoms with Crippen molar-refractivity contribution in [3.63, 3.8) is 0 Å². The fourth-order valence-corrected chi connectivity index (χ4v) is 5.16. The molecule has 0 radical (unpaired) electrons. The van der Waals surface area contributed by atoms with Crippen LogP contribution in [-0.2, 0) is 11.4 Å². The largest absolute Gasteiger partial charge is 0.588 e. The Balaban J connectivity index is 1.66. The lowest BCUT2D eigenvalue weighted by molar-refractivity contribution is 0.0716. The Morgan fingerprint density at radius 2 is 1.88 bits per heavy atom. The lowest BCUT2D eigenvalue weighted by Crippen LogP contribution is -2.36. The van der Waals surface area contributed by atoms with Gasteiger partial charge in [-0.05, 0) is 31.0 Å². The number of carbonyl (C=O) groups excluding carboxylic acids is 1. The van der Waals surface area contributed by atoms with Gasteiger partial charge in [-0.25, -0.2) is 13.5 Å². The Kier molecular flexibility index (Phi) is 6.01. The van der Waals surface area contributed by atoms with Gasteiger partial charge >= 0.3 is 0 Å². The van der Waals surface area contributed by atoms with E-state index in [4.69, 9.17) is 16.3 Å². The highest BCUT2D eigenvalue weighted by atomic mass is 35.5. The van der Waals surface area contributed by atoms with Gasteiger partial charge in [0.05, 0.1) is 11.6 Å². The van der Waals surface area contributed by atoms with Crippen molar-refractivity contribution in [2.24, 2.45) is 0 Å². The number of carbonyl (C=O) groups is 1. The average Bonchev–Trinajstić information content (AvgIpc) is 3.65. The van der Waals surface area contributed by atoms with E-state index >= 15 is 0 Å². The van der Waals surface area contributed by atoms with Crippen molar-refractivity contribution in [2.45, 2.75) is 23.8 Å². The normalized spacial score (nSPS) is 18.3. The van der Waals surface area contributed by atoms with Gasteiger partial charge in [0.1, 0.15) is 35.2 Å². The molecule has 0 saturated heterocycles. The highest BCUT2D eigenvalue weighted by Gasteiger charge is 2.34. The molecule has 0 spiro atoms. The van der Waals surface area contributed by atoms with Crippen LogP contribution in [0.3, 0.4) is 0 Å². The van der Waals surface area contributed by atoms with Crippen molar-refractivity contribution in [1.82, 2.24) is 4.90 Å². The summed E-state index contributed by atoms with van der Waals surface area (Å²) in [6.45, 7) is 0.391. The van der Waals surface area contributed by atoms with Crippen molar-refractivity contribution < 1.29 is 28.0 Å². The van der Waals surface area contributed by atoms with E-state index in [1.165, 1.54) is 18.2 Å². The molecule has 176 valence electrons. The molecule has 1 aliphatic carbocycles. The number of nitrogens with one attached hydrogen (secondary N) is 1. The van der Waals surface area contributed by atoms with Crippen LogP contribution in [0.4, 0.5) is 14.5 Å². The van der Waals surface area contributed by atoms with Crippen molar-refractivity contribution in [2.75, 3.05) is 17.9 Å². The van der Waals surface area contributed by atoms with Crippen LogP contribution in [0.15, 0.2) is 53.4 Å². The van der Waals surface area contributed by atoms with E-state index < -0.39 is 28.7 Å². The summed E-state index contributed by atoms with van der Waals surface area (Å²) in [6.07, 6.45) is 1.68. The smallest absolute Gasteiger partial charge is 0.254 e. The monoisotopic (exact) mass is 504 g/mol. The van der Waals surface area contributed by atoms with Gasteiger partial charge in [0, 0.05) is 34.9 Å². The number of para-hydroxylation sites is 1. The molecule has 0 aromatic heterocycles. The van der Waals surface area contributed by atoms with E-state index in [0.717, 1.165) is 12.8 Å². The maximum absolute atomic E-state index is 14.8. The SMILES string of the molecule is O=C1c2cc(Cl)c(O)c(c2)[S+]([O-])Nc2cc(c(F)cc2F)-c2ccccc2OCCN1C1CC1. The van der Waals surface area contributed by atoms with Crippen molar-refractivity contribution in [1.29, 1.82) is 0 Å². The van der Waals surface area contributed by atoms with E-state index in [2.05, 4.69) is 4.72 Å². The number of aromatic hydroxyl groups is 1. The molecule has 10 heteroatoms. The van der Waals surface area contributed by atoms with Crippen LogP contribution in [0, 0.1) is 11.6 Å². The third kappa shape index (κ3) is 4.26. The molecule has 1 amide bonds. The fourth-order valence-electron chi connectivity index (χ4n) is 3.90. The van der Waals surface area contributed by atoms with Gasteiger partial charge < -0.3 is 19.3 Å². The molecule has 1 aliphatic heterocycles. The second-order valence-corrected chi connectivity index (χ2v) is 9.65. The minimum absolute atomic E-state index is 0.0308. The summed E-state index contributed by atoms with van der Waals surface area (Å²) in [4.78, 5) is 14.7. The predicted octanol–water partition coefficient (Wildman–Crippen LogP) is 5.12. The van der Waals surface area contributed by atoms with Crippen LogP contribution in [0.5, 0.6) is 11.5 Å². The number of fused-ring (bicyclic) bond motifs is 6. The van der Waals surface area contributed by atoms with Crippen molar-refractivity contribution in [3.8, 4) is 22.6 Å². The maximum Gasteiger partial charge on any atom is 0.254 e. The fraction of sp³-hybridized carbons (Fsp3) is 0.208. The molecule has 1 atom stereocenters. The Hall–Kier alpha value is -3.01. The molecule has 2 aliphatic rings. The summed E-state index contributed by atoms with van der Waals surface area (Å²) in [5.41, 5.74) is 0.290. The molecule has 1 heterocycles. The van der Waals surface area contributed by atoms with Gasteiger partial charge in [-0.15, -0.1) is 0 Å². The lowest BCUT2D eigenvalue weighted by atomic mass is 10.0. The number of rotatable bonds is 1. The summed E-state index contributed by atoms with van der Waals surface area (Å²) < 4.78 is 50.9. The molecule has 4 bridgehead atoms. The summed E-state index contributed by atoms with van der Waals surface area (Å²) >= 11 is 3.92. The number of halogens is 3. The van der Waals surface area contributed by atoms with Crippen LogP contribution >= 0.6 is 11.6 Å². The van der Waals surface area contributed by atoms with Crippen LogP contribution in [-0.4, -0.2) is 39.7 Å². The van der Waals surface area contributed by atoms with Gasteiger partial charge in [0.15, 0.2) is 11.6 Å². The topological polar surface area (TPSA) is 84.9 Å². The number of phenols is 1. The summed E-state index contributed by atoms with van der Waals surface area (Å²) in [5.74, 6) is -2.29. The Labute approximate surface area is 202 Å². The number of nitrogens with zero attached hydrogens (tertiary/aromatic N) is 1. The van der Waals surface area contributed by atoms with Gasteiger partial charge in [-0.1, -0.05) is 29.8 Å². The first kappa shape index (κ1) is 22.8. The zero-order valence-electron chi connectivity index (χ0n) is 17.7. The Morgan fingerprint density at radius 3 is 2.65 bits per heavy atom. The zero-order chi connectivity index (χ0) is 24.0. The first-order valence-corrected chi connectivity index (χ1v) is 12.1. The lowest BCUT2D eigenvalue weighted by Gasteiger charge is -2.23. The van der Waals surface area contributed by atoms with Crippen molar-refractivity contribution in [3.05, 3.63) is 70.8 Å². The average molecular weight is 505 g/mol. The molecule has 6 nitrogen and oxygen atoms in total. The van der Waals surface area contributed by atoms with Gasteiger partial charge in [0.25, 0.3) is 5.91 Å². The molecule has 2 N–H and O–H groups in total. The molecule has 3 aromatic carbocycles. The number of benzene rings is 3. The van der Waals surface area contributed by atoms with Gasteiger partial charge in [-0.3, -0.25) is 4.79 Å². The number of hydrogen-bond donors (Lipinski definition) is 2. The Bertz CT molecular complexity index is 1290. The van der Waals surface area contributed by atoms with Crippen LogP contribution in [0.25, 0.3) is 11.1 Å². The summed E-state index contributed by atoms with van der Waals surface area (Å²) in [7, 11) is 0. The van der Waals surface area contributed by atoms with Crippen molar-refractivity contribution >= 4 is 34.6 Å². The second kappa shape index (κ2) is 8.98. The molecule has 1 fully saturated rings. The molecule has 3 aromatic rings. The maximum atomic E-state index is 14.8. The standard InChI is InChI=1S/C24H19ClF2N2O4S/c25-17-9-13-10-22(23(17)30)34(32)28-20-11-16(18(26)12-19(20)27)15-3-1-2-4-21(15)33-8-7-29(24(13)31)14-5-6-14/h1-4,9-12,14,28,30H,5-8H2. The number of hydrogen-bond acceptors (Lipinski definition) is 5. The number of ether oxygens (including phenoxy) is 1. The molecular formula is C24H19ClF2N2O4S. The summed E-state index contributed by atoms with van der Waals surface area (Å²) in [6, 6.07) is 11.2. The van der Waals surface area contributed by atoms with E-state index in [-0.39, 0.29) is 51.8 Å². The van der Waals surface area contributed by atoms with E-state index in [0.29, 0.717) is 17.4 Å². The predicted molar refractivity (Wildman–Crippen MR) is 124 cm³/mol. The summed E-state index contributed by atoms with van der Waals surface area (Å²) in [5, 5.41) is 10.2.